The van der Waals surface area contributed by atoms with Crippen molar-refractivity contribution >= 4 is 16.8 Å². The molecule has 1 aliphatic heterocycles. The van der Waals surface area contributed by atoms with Crippen LogP contribution in [-0.2, 0) is 13.0 Å². The van der Waals surface area contributed by atoms with Crippen molar-refractivity contribution in [1.29, 1.82) is 0 Å². The topological polar surface area (TPSA) is 89.5 Å². The molecule has 1 N–H and O–H groups in total. The van der Waals surface area contributed by atoms with Gasteiger partial charge in [-0.1, -0.05) is 12.1 Å². The third-order valence-electron chi connectivity index (χ3n) is 8.57. The maximum absolute atomic E-state index is 13.4. The lowest BCUT2D eigenvalue weighted by Gasteiger charge is -2.33. The third kappa shape index (κ3) is 5.87. The molecule has 3 aliphatic rings. The number of pyridine rings is 1. The summed E-state index contributed by atoms with van der Waals surface area (Å²) < 4.78 is 37.7. The number of amides is 1. The summed E-state index contributed by atoms with van der Waals surface area (Å²) in [6, 6.07) is 9.86. The Balaban J connectivity index is 0.995. The predicted octanol–water partition coefficient (Wildman–Crippen LogP) is 4.80. The molecule has 0 spiro atoms. The number of fused-ring (bicyclic) bond motifs is 2. The quantitative estimate of drug-likeness (QED) is 0.409. The fourth-order valence-corrected chi connectivity index (χ4v) is 5.97. The van der Waals surface area contributed by atoms with Gasteiger partial charge in [0.05, 0.1) is 36.4 Å². The van der Waals surface area contributed by atoms with E-state index in [1.54, 1.807) is 6.20 Å². The maximum Gasteiger partial charge on any atom is 0.319 e. The fraction of sp³-hybridized carbons (Fsp3) is 0.533. The normalized spacial score (nSPS) is 23.8. The van der Waals surface area contributed by atoms with Crippen molar-refractivity contribution in [2.24, 2.45) is 11.8 Å². The van der Waals surface area contributed by atoms with E-state index in [2.05, 4.69) is 25.2 Å². The lowest BCUT2D eigenvalue weighted by molar-refractivity contribution is 0.0841. The molecule has 3 aromatic rings. The van der Waals surface area contributed by atoms with Gasteiger partial charge in [0.2, 0.25) is 5.88 Å². The standard InChI is InChI=1S/C30H35F2N5O3/c1-39-29-35-26-12-15-37(17-24(26)28(36-29)40-18-20-16-30(20,31)32)14-11-19-7-9-21(10-8-19)34-27(38)23-4-2-6-25-22(23)5-3-13-33-25/h2-6,13,19-21H,7-12,14-18H2,1H3,(H,34,38). The number of halogens is 2. The monoisotopic (exact) mass is 551 g/mol. The molecule has 6 rings (SSSR count). The molecule has 1 amide bonds. The second-order valence-electron chi connectivity index (χ2n) is 11.3. The van der Waals surface area contributed by atoms with E-state index in [4.69, 9.17) is 9.47 Å². The van der Waals surface area contributed by atoms with Gasteiger partial charge >= 0.3 is 6.01 Å². The summed E-state index contributed by atoms with van der Waals surface area (Å²) >= 11 is 0. The first-order valence-corrected chi connectivity index (χ1v) is 14.2. The smallest absolute Gasteiger partial charge is 0.319 e. The minimum Gasteiger partial charge on any atom is -0.477 e. The Kier molecular flexibility index (Phi) is 7.53. The average molecular weight is 552 g/mol. The first kappa shape index (κ1) is 26.8. The zero-order chi connectivity index (χ0) is 27.7. The highest BCUT2D eigenvalue weighted by molar-refractivity contribution is 6.06. The molecular formula is C30H35F2N5O3. The van der Waals surface area contributed by atoms with Crippen LogP contribution in [0.4, 0.5) is 8.78 Å². The van der Waals surface area contributed by atoms with Gasteiger partial charge in [-0.2, -0.15) is 9.97 Å². The predicted molar refractivity (Wildman–Crippen MR) is 146 cm³/mol. The summed E-state index contributed by atoms with van der Waals surface area (Å²) in [4.78, 5) is 28.6. The number of rotatable bonds is 9. The van der Waals surface area contributed by atoms with Crippen LogP contribution >= 0.6 is 0 Å². The van der Waals surface area contributed by atoms with Crippen LogP contribution in [0.15, 0.2) is 36.5 Å². The Hall–Kier alpha value is -3.40. The lowest BCUT2D eigenvalue weighted by atomic mass is 9.83. The van der Waals surface area contributed by atoms with E-state index in [0.717, 1.165) is 73.8 Å². The molecule has 3 heterocycles. The number of hydrogen-bond acceptors (Lipinski definition) is 7. The Bertz CT molecular complexity index is 1370. The highest BCUT2D eigenvalue weighted by atomic mass is 19.3. The van der Waals surface area contributed by atoms with Gasteiger partial charge in [0.1, 0.15) is 0 Å². The van der Waals surface area contributed by atoms with Crippen LogP contribution in [-0.4, -0.2) is 64.5 Å². The molecule has 1 atom stereocenters. The van der Waals surface area contributed by atoms with Gasteiger partial charge in [0.25, 0.3) is 11.8 Å². The van der Waals surface area contributed by atoms with Crippen LogP contribution in [0.5, 0.6) is 11.9 Å². The van der Waals surface area contributed by atoms with Gasteiger partial charge in [-0.15, -0.1) is 0 Å². The number of nitrogens with zero attached hydrogens (tertiary/aromatic N) is 4. The van der Waals surface area contributed by atoms with Gasteiger partial charge in [0, 0.05) is 49.1 Å². The minimum absolute atomic E-state index is 0.0312. The van der Waals surface area contributed by atoms with E-state index in [9.17, 15) is 13.6 Å². The molecule has 1 aromatic carbocycles. The number of benzene rings is 1. The molecule has 2 saturated carbocycles. The van der Waals surface area contributed by atoms with Crippen molar-refractivity contribution in [3.63, 3.8) is 0 Å². The van der Waals surface area contributed by atoms with Crippen molar-refractivity contribution in [3.8, 4) is 11.9 Å². The van der Waals surface area contributed by atoms with Crippen LogP contribution in [0, 0.1) is 11.8 Å². The number of nitrogens with one attached hydrogen (secondary N) is 1. The molecule has 2 fully saturated rings. The minimum atomic E-state index is -2.63. The zero-order valence-electron chi connectivity index (χ0n) is 22.7. The Morgan fingerprint density at radius 1 is 1.15 bits per heavy atom. The van der Waals surface area contributed by atoms with Gasteiger partial charge in [-0.25, -0.2) is 8.78 Å². The van der Waals surface area contributed by atoms with Crippen molar-refractivity contribution in [2.75, 3.05) is 26.8 Å². The number of methoxy groups -OCH3 is 1. The average Bonchev–Trinajstić information content (AvgIpc) is 3.60. The molecule has 40 heavy (non-hydrogen) atoms. The van der Waals surface area contributed by atoms with E-state index in [0.29, 0.717) is 23.9 Å². The van der Waals surface area contributed by atoms with E-state index >= 15 is 0 Å². The highest BCUT2D eigenvalue weighted by Gasteiger charge is 2.57. The summed E-state index contributed by atoms with van der Waals surface area (Å²) in [5.41, 5.74) is 3.26. The molecule has 1 unspecified atom stereocenters. The molecule has 0 bridgehead atoms. The first-order chi connectivity index (χ1) is 19.4. The summed E-state index contributed by atoms with van der Waals surface area (Å²) in [6.07, 6.45) is 7.53. The number of alkyl halides is 2. The Morgan fingerprint density at radius 3 is 2.75 bits per heavy atom. The van der Waals surface area contributed by atoms with Crippen molar-refractivity contribution in [3.05, 3.63) is 53.3 Å². The summed E-state index contributed by atoms with van der Waals surface area (Å²) in [7, 11) is 1.50. The zero-order valence-corrected chi connectivity index (χ0v) is 22.7. The largest absolute Gasteiger partial charge is 0.477 e. The van der Waals surface area contributed by atoms with Gasteiger partial charge in [0.15, 0.2) is 0 Å². The Labute approximate surface area is 232 Å². The summed E-state index contributed by atoms with van der Waals surface area (Å²) in [5.74, 6) is -2.42. The molecule has 2 aliphatic carbocycles. The van der Waals surface area contributed by atoms with Crippen LogP contribution in [0.3, 0.4) is 0 Å². The van der Waals surface area contributed by atoms with E-state index in [1.165, 1.54) is 7.11 Å². The molecule has 0 radical (unpaired) electrons. The van der Waals surface area contributed by atoms with Crippen molar-refractivity contribution < 1.29 is 23.0 Å². The summed E-state index contributed by atoms with van der Waals surface area (Å²) in [5, 5.41) is 4.12. The summed E-state index contributed by atoms with van der Waals surface area (Å²) in [6.45, 7) is 2.41. The van der Waals surface area contributed by atoms with Crippen LogP contribution in [0.25, 0.3) is 10.9 Å². The van der Waals surface area contributed by atoms with Gasteiger partial charge < -0.3 is 14.8 Å². The second kappa shape index (κ2) is 11.2. The van der Waals surface area contributed by atoms with Crippen LogP contribution < -0.4 is 14.8 Å². The van der Waals surface area contributed by atoms with E-state index < -0.39 is 11.8 Å². The number of carbonyl (C=O) groups is 1. The fourth-order valence-electron chi connectivity index (χ4n) is 5.97. The van der Waals surface area contributed by atoms with E-state index in [1.807, 2.05) is 30.3 Å². The molecular weight excluding hydrogens is 516 g/mol. The number of hydrogen-bond donors (Lipinski definition) is 1. The first-order valence-electron chi connectivity index (χ1n) is 14.2. The van der Waals surface area contributed by atoms with Crippen molar-refractivity contribution in [1.82, 2.24) is 25.2 Å². The molecule has 2 aromatic heterocycles. The molecule has 10 heteroatoms. The lowest BCUT2D eigenvalue weighted by Crippen LogP contribution is -2.38. The third-order valence-corrected chi connectivity index (χ3v) is 8.57. The van der Waals surface area contributed by atoms with Crippen LogP contribution in [0.1, 0.15) is 60.1 Å². The van der Waals surface area contributed by atoms with Crippen LogP contribution in [0.2, 0.25) is 0 Å². The number of carbonyl (C=O) groups excluding carboxylic acids is 1. The second-order valence-corrected chi connectivity index (χ2v) is 11.3. The maximum atomic E-state index is 13.4. The molecule has 212 valence electrons. The SMILES string of the molecule is COc1nc2c(c(OCC3CC3(F)F)n1)CN(CCC1CCC(NC(=O)c3cccc4ncccc34)CC1)CC2. The van der Waals surface area contributed by atoms with E-state index in [-0.39, 0.29) is 31.0 Å². The van der Waals surface area contributed by atoms with Gasteiger partial charge in [-0.05, 0) is 62.8 Å². The number of aromatic nitrogens is 3. The molecule has 0 saturated heterocycles. The molecule has 8 nitrogen and oxygen atoms in total. The number of ether oxygens (including phenoxy) is 2. The highest BCUT2D eigenvalue weighted by Crippen LogP contribution is 2.48. The van der Waals surface area contributed by atoms with Crippen molar-refractivity contribution in [2.45, 2.75) is 63.5 Å². The van der Waals surface area contributed by atoms with Gasteiger partial charge in [-0.3, -0.25) is 14.7 Å². The Morgan fingerprint density at radius 2 is 1.98 bits per heavy atom.